The van der Waals surface area contributed by atoms with Crippen molar-refractivity contribution in [3.8, 4) is 5.75 Å². The molecule has 0 amide bonds. The van der Waals surface area contributed by atoms with Crippen LogP contribution in [0.2, 0.25) is 0 Å². The van der Waals surface area contributed by atoms with Gasteiger partial charge in [-0.3, -0.25) is 4.79 Å². The molecule has 1 saturated heterocycles. The molecule has 4 rings (SSSR count). The summed E-state index contributed by atoms with van der Waals surface area (Å²) in [4.78, 5) is 26.8. The second kappa shape index (κ2) is 9.69. The number of rotatable bonds is 9. The first-order valence-electron chi connectivity index (χ1n) is 11.1. The molecule has 0 spiro atoms. The summed E-state index contributed by atoms with van der Waals surface area (Å²) in [6.45, 7) is -0.720. The van der Waals surface area contributed by atoms with Crippen LogP contribution in [-0.2, 0) is 20.8 Å². The van der Waals surface area contributed by atoms with Crippen molar-refractivity contribution in [2.24, 2.45) is 5.92 Å². The molecule has 2 atom stereocenters. The largest absolute Gasteiger partial charge is 0.492 e. The minimum absolute atomic E-state index is 0.00239. The standard InChI is InChI=1S/C22H26F3N3O6S/c1-33-21-18-14(20(29)15(10-27(18)6-5-23)22(30)34-35(2,31)32)7-16(24)19(21)28-9-12(17(25)11-28)8-26-13-3-4-13/h7,10,12-13,17,26H,3-6,8-9,11H2,1-2H3/t12-,17+/m0/s1. The van der Waals surface area contributed by atoms with E-state index in [1.54, 1.807) is 0 Å². The Balaban J connectivity index is 1.81. The van der Waals surface area contributed by atoms with Gasteiger partial charge in [0.15, 0.2) is 11.6 Å². The molecular weight excluding hydrogens is 491 g/mol. The lowest BCUT2D eigenvalue weighted by atomic mass is 10.1. The van der Waals surface area contributed by atoms with Crippen LogP contribution in [0, 0.1) is 11.7 Å². The van der Waals surface area contributed by atoms with Gasteiger partial charge in [0.1, 0.15) is 24.1 Å². The zero-order chi connectivity index (χ0) is 25.5. The average Bonchev–Trinajstić information content (AvgIpc) is 3.53. The van der Waals surface area contributed by atoms with Crippen molar-refractivity contribution in [1.82, 2.24) is 9.88 Å². The van der Waals surface area contributed by atoms with Crippen LogP contribution in [0.5, 0.6) is 5.75 Å². The number of benzene rings is 1. The maximum atomic E-state index is 15.4. The number of hydrogen-bond donors (Lipinski definition) is 1. The van der Waals surface area contributed by atoms with Gasteiger partial charge in [0, 0.05) is 37.8 Å². The Morgan fingerprint density at radius 2 is 2.00 bits per heavy atom. The Bertz CT molecular complexity index is 1310. The number of methoxy groups -OCH3 is 1. The normalized spacial score (nSPS) is 20.4. The Hall–Kier alpha value is -2.80. The predicted molar refractivity (Wildman–Crippen MR) is 123 cm³/mol. The number of carbonyl (C=O) groups excluding carboxylic acids is 1. The Labute approximate surface area is 199 Å². The van der Waals surface area contributed by atoms with Crippen molar-refractivity contribution in [1.29, 1.82) is 0 Å². The number of pyridine rings is 1. The Kier molecular flexibility index (Phi) is 7.00. The highest BCUT2D eigenvalue weighted by atomic mass is 32.2. The monoisotopic (exact) mass is 517 g/mol. The van der Waals surface area contributed by atoms with Gasteiger partial charge in [0.2, 0.25) is 5.43 Å². The van der Waals surface area contributed by atoms with E-state index in [0.29, 0.717) is 18.8 Å². The molecule has 1 aliphatic heterocycles. The molecule has 35 heavy (non-hydrogen) atoms. The fourth-order valence-electron chi connectivity index (χ4n) is 4.38. The fourth-order valence-corrected chi connectivity index (χ4v) is 4.75. The zero-order valence-electron chi connectivity index (χ0n) is 19.2. The van der Waals surface area contributed by atoms with Crippen LogP contribution in [0.25, 0.3) is 10.9 Å². The molecule has 2 fully saturated rings. The van der Waals surface area contributed by atoms with Gasteiger partial charge in [0.05, 0.1) is 30.8 Å². The number of carbonyl (C=O) groups is 1. The predicted octanol–water partition coefficient (Wildman–Crippen LogP) is 1.76. The highest BCUT2D eigenvalue weighted by Gasteiger charge is 2.37. The van der Waals surface area contributed by atoms with Gasteiger partial charge in [-0.05, 0) is 18.9 Å². The zero-order valence-corrected chi connectivity index (χ0v) is 20.0. The molecule has 0 bridgehead atoms. The molecule has 0 unspecified atom stereocenters. The van der Waals surface area contributed by atoms with Crippen molar-refractivity contribution in [3.63, 3.8) is 0 Å². The number of fused-ring (bicyclic) bond motifs is 1. The lowest BCUT2D eigenvalue weighted by Crippen LogP contribution is -2.30. The highest BCUT2D eigenvalue weighted by Crippen LogP contribution is 2.40. The molecule has 1 aliphatic carbocycles. The average molecular weight is 518 g/mol. The number of nitrogens with one attached hydrogen (secondary N) is 1. The van der Waals surface area contributed by atoms with Gasteiger partial charge < -0.3 is 23.7 Å². The van der Waals surface area contributed by atoms with Crippen molar-refractivity contribution in [2.75, 3.05) is 44.6 Å². The molecule has 13 heteroatoms. The molecule has 1 aromatic carbocycles. The molecule has 1 saturated carbocycles. The molecule has 2 heterocycles. The van der Waals surface area contributed by atoms with Crippen LogP contribution < -0.4 is 20.4 Å². The summed E-state index contributed by atoms with van der Waals surface area (Å²) < 4.78 is 77.2. The minimum atomic E-state index is -4.24. The van der Waals surface area contributed by atoms with E-state index in [0.717, 1.165) is 29.7 Å². The first-order chi connectivity index (χ1) is 16.5. The van der Waals surface area contributed by atoms with E-state index in [1.807, 2.05) is 0 Å². The number of halogens is 3. The summed E-state index contributed by atoms with van der Waals surface area (Å²) >= 11 is 0. The molecule has 1 N–H and O–H groups in total. The summed E-state index contributed by atoms with van der Waals surface area (Å²) in [5.41, 5.74) is -1.79. The molecule has 1 aromatic heterocycles. The summed E-state index contributed by atoms with van der Waals surface area (Å²) in [7, 11) is -3.00. The molecule has 2 aromatic rings. The molecule has 9 nitrogen and oxygen atoms in total. The van der Waals surface area contributed by atoms with Crippen LogP contribution in [0.15, 0.2) is 17.1 Å². The van der Waals surface area contributed by atoms with Crippen LogP contribution >= 0.6 is 0 Å². The summed E-state index contributed by atoms with van der Waals surface area (Å²) in [6, 6.07) is 1.26. The topological polar surface area (TPSA) is 107 Å². The maximum absolute atomic E-state index is 15.4. The van der Waals surface area contributed by atoms with E-state index >= 15 is 4.39 Å². The smallest absolute Gasteiger partial charge is 0.359 e. The van der Waals surface area contributed by atoms with Crippen molar-refractivity contribution >= 4 is 32.7 Å². The number of nitrogens with zero attached hydrogens (tertiary/aromatic N) is 2. The number of ether oxygens (including phenoxy) is 1. The number of aryl methyl sites for hydroxylation is 1. The van der Waals surface area contributed by atoms with Gasteiger partial charge in [-0.1, -0.05) is 0 Å². The summed E-state index contributed by atoms with van der Waals surface area (Å²) in [5, 5.41) is 2.94. The van der Waals surface area contributed by atoms with Gasteiger partial charge in [-0.2, -0.15) is 8.42 Å². The van der Waals surface area contributed by atoms with Crippen LogP contribution in [-0.4, -0.2) is 70.8 Å². The molecule has 192 valence electrons. The van der Waals surface area contributed by atoms with E-state index in [9.17, 15) is 26.8 Å². The summed E-state index contributed by atoms with van der Waals surface area (Å²) in [5.74, 6) is -2.86. The van der Waals surface area contributed by atoms with E-state index in [-0.39, 0.29) is 47.9 Å². The number of anilines is 1. The molecular formula is C22H26F3N3O6S. The van der Waals surface area contributed by atoms with Gasteiger partial charge in [0.25, 0.3) is 0 Å². The molecule has 2 aliphatic rings. The summed E-state index contributed by atoms with van der Waals surface area (Å²) in [6.07, 6.45) is 2.45. The maximum Gasteiger partial charge on any atom is 0.359 e. The minimum Gasteiger partial charge on any atom is -0.492 e. The van der Waals surface area contributed by atoms with Crippen LogP contribution in [0.4, 0.5) is 18.9 Å². The van der Waals surface area contributed by atoms with E-state index in [4.69, 9.17) is 4.74 Å². The Morgan fingerprint density at radius 1 is 1.29 bits per heavy atom. The van der Waals surface area contributed by atoms with Crippen molar-refractivity contribution < 1.29 is 35.3 Å². The second-order valence-corrected chi connectivity index (χ2v) is 10.4. The van der Waals surface area contributed by atoms with Gasteiger partial charge in [-0.15, -0.1) is 0 Å². The highest BCUT2D eigenvalue weighted by molar-refractivity contribution is 7.86. The fraction of sp³-hybridized carbons (Fsp3) is 0.545. The third kappa shape index (κ3) is 5.25. The number of hydrogen-bond acceptors (Lipinski definition) is 8. The SMILES string of the molecule is COc1c(N2C[C@H](CNC3CC3)[C@H](F)C2)c(F)cc2c(=O)c(C(=O)OS(C)(=O)=O)cn(CCF)c12. The molecule has 0 radical (unpaired) electrons. The van der Waals surface area contributed by atoms with Crippen LogP contribution in [0.3, 0.4) is 0 Å². The van der Waals surface area contributed by atoms with Crippen LogP contribution in [0.1, 0.15) is 23.2 Å². The lowest BCUT2D eigenvalue weighted by molar-refractivity contribution is 0.0746. The van der Waals surface area contributed by atoms with Gasteiger partial charge in [-0.25, -0.2) is 18.0 Å². The van der Waals surface area contributed by atoms with E-state index < -0.39 is 45.7 Å². The van der Waals surface area contributed by atoms with Gasteiger partial charge >= 0.3 is 16.1 Å². The second-order valence-electron chi connectivity index (χ2n) is 8.83. The van der Waals surface area contributed by atoms with E-state index in [2.05, 4.69) is 9.50 Å². The number of alkyl halides is 2. The third-order valence-electron chi connectivity index (χ3n) is 6.14. The quantitative estimate of drug-likeness (QED) is 0.502. The third-order valence-corrected chi connectivity index (χ3v) is 6.60. The van der Waals surface area contributed by atoms with Crippen molar-refractivity contribution in [3.05, 3.63) is 33.9 Å². The van der Waals surface area contributed by atoms with Crippen molar-refractivity contribution in [2.45, 2.75) is 31.6 Å². The van der Waals surface area contributed by atoms with E-state index in [1.165, 1.54) is 12.0 Å². The lowest BCUT2D eigenvalue weighted by Gasteiger charge is -2.24. The first kappa shape index (κ1) is 25.3. The first-order valence-corrected chi connectivity index (χ1v) is 12.9. The number of aromatic nitrogens is 1. The Morgan fingerprint density at radius 3 is 2.60 bits per heavy atom.